The highest BCUT2D eigenvalue weighted by molar-refractivity contribution is 7.90. The lowest BCUT2D eigenvalue weighted by Crippen LogP contribution is -2.42. The van der Waals surface area contributed by atoms with E-state index >= 15 is 0 Å². The van der Waals surface area contributed by atoms with Crippen molar-refractivity contribution in [2.45, 2.75) is 13.8 Å². The number of nitrogens with one attached hydrogen (secondary N) is 2. The Kier molecular flexibility index (Phi) is 7.17. The molecule has 10 heteroatoms. The minimum absolute atomic E-state index is 0.00449. The Labute approximate surface area is 147 Å². The van der Waals surface area contributed by atoms with Gasteiger partial charge in [0, 0.05) is 13.7 Å². The zero-order chi connectivity index (χ0) is 19.1. The van der Waals surface area contributed by atoms with Crippen molar-refractivity contribution in [2.24, 2.45) is 10.6 Å². The number of carbonyl (C=O) groups excluding carboxylic acids is 1. The van der Waals surface area contributed by atoms with Crippen LogP contribution in [0.1, 0.15) is 19.4 Å². The van der Waals surface area contributed by atoms with E-state index in [-0.39, 0.29) is 29.5 Å². The predicted octanol–water partition coefficient (Wildman–Crippen LogP) is 0.341. The van der Waals surface area contributed by atoms with Crippen molar-refractivity contribution < 1.29 is 22.7 Å². The monoisotopic (exact) mass is 370 g/mol. The number of nitrogens with two attached hydrogens (primary N) is 1. The summed E-state index contributed by atoms with van der Waals surface area (Å²) in [7, 11) is -2.49. The summed E-state index contributed by atoms with van der Waals surface area (Å²) in [6.45, 7) is 4.12. The summed E-state index contributed by atoms with van der Waals surface area (Å²) in [5.74, 6) is -0.0872. The van der Waals surface area contributed by atoms with Crippen LogP contribution >= 0.6 is 0 Å². The maximum atomic E-state index is 12.2. The third-order valence-corrected chi connectivity index (χ3v) is 3.69. The molecule has 0 fully saturated rings. The van der Waals surface area contributed by atoms with Gasteiger partial charge in [-0.05, 0) is 26.0 Å². The molecule has 0 saturated carbocycles. The predicted molar refractivity (Wildman–Crippen MR) is 92.0 cm³/mol. The van der Waals surface area contributed by atoms with E-state index in [9.17, 15) is 18.5 Å². The second kappa shape index (κ2) is 8.66. The number of ether oxygens (including phenoxy) is 2. The molecule has 0 aromatic heterocycles. The maximum Gasteiger partial charge on any atom is 0.296 e. The number of amides is 1. The molecule has 0 aliphatic heterocycles. The quantitative estimate of drug-likeness (QED) is 0.535. The van der Waals surface area contributed by atoms with Crippen molar-refractivity contribution >= 4 is 21.8 Å². The van der Waals surface area contributed by atoms with Gasteiger partial charge >= 0.3 is 0 Å². The zero-order valence-corrected chi connectivity index (χ0v) is 15.1. The Morgan fingerprint density at radius 1 is 1.40 bits per heavy atom. The first-order valence-corrected chi connectivity index (χ1v) is 8.89. The van der Waals surface area contributed by atoms with E-state index in [0.717, 1.165) is 0 Å². The summed E-state index contributed by atoms with van der Waals surface area (Å²) < 4.78 is 34.8. The summed E-state index contributed by atoms with van der Waals surface area (Å²) in [6.07, 6.45) is 0. The van der Waals surface area contributed by atoms with Crippen LogP contribution in [0.5, 0.6) is 5.75 Å². The van der Waals surface area contributed by atoms with E-state index in [1.807, 2.05) is 10.8 Å². The summed E-state index contributed by atoms with van der Waals surface area (Å²) in [5.41, 5.74) is -0.888. The highest BCUT2D eigenvalue weighted by Crippen LogP contribution is 2.28. The highest BCUT2D eigenvalue weighted by Gasteiger charge is 2.29. The number of benzene rings is 1. The summed E-state index contributed by atoms with van der Waals surface area (Å²) in [6, 6.07) is 6.27. The van der Waals surface area contributed by atoms with Crippen molar-refractivity contribution in [3.63, 3.8) is 0 Å². The van der Waals surface area contributed by atoms with Gasteiger partial charge in [-0.2, -0.15) is 13.7 Å². The Morgan fingerprint density at radius 3 is 2.64 bits per heavy atom. The van der Waals surface area contributed by atoms with Gasteiger partial charge < -0.3 is 14.8 Å². The van der Waals surface area contributed by atoms with Gasteiger partial charge in [0.2, 0.25) is 5.91 Å². The second-order valence-electron chi connectivity index (χ2n) is 5.86. The van der Waals surface area contributed by atoms with E-state index in [1.165, 1.54) is 25.3 Å². The average Bonchev–Trinajstić information content (AvgIpc) is 2.51. The third kappa shape index (κ3) is 6.58. The molecule has 1 aromatic rings. The molecule has 0 radical (unpaired) electrons. The molecule has 9 nitrogen and oxygen atoms in total. The number of carbonyl (C=O) groups is 1. The largest absolute Gasteiger partial charge is 0.491 e. The van der Waals surface area contributed by atoms with Crippen LogP contribution in [0.25, 0.3) is 0 Å². The lowest BCUT2D eigenvalue weighted by Gasteiger charge is -2.24. The summed E-state index contributed by atoms with van der Waals surface area (Å²) in [5, 5.41) is 16.9. The molecule has 1 rings (SSSR count). The number of nitriles is 1. The van der Waals surface area contributed by atoms with Crippen molar-refractivity contribution in [1.82, 2.24) is 5.32 Å². The smallest absolute Gasteiger partial charge is 0.296 e. The molecule has 0 saturated heterocycles. The first kappa shape index (κ1) is 20.7. The number of rotatable bonds is 9. The van der Waals surface area contributed by atoms with Crippen molar-refractivity contribution in [3.05, 3.63) is 23.8 Å². The van der Waals surface area contributed by atoms with Crippen LogP contribution in [0.2, 0.25) is 0 Å². The molecule has 0 atom stereocenters. The average molecular weight is 370 g/mol. The molecule has 1 aromatic carbocycles. The van der Waals surface area contributed by atoms with Crippen LogP contribution < -0.4 is 19.9 Å². The second-order valence-corrected chi connectivity index (χ2v) is 7.15. The van der Waals surface area contributed by atoms with Gasteiger partial charge in [-0.1, -0.05) is 6.07 Å². The van der Waals surface area contributed by atoms with Gasteiger partial charge in [0.15, 0.2) is 0 Å². The molecule has 138 valence electrons. The van der Waals surface area contributed by atoms with Crippen LogP contribution in [0.15, 0.2) is 18.2 Å². The lowest BCUT2D eigenvalue weighted by molar-refractivity contribution is -0.131. The van der Waals surface area contributed by atoms with Crippen molar-refractivity contribution in [2.75, 3.05) is 31.6 Å². The maximum absolute atomic E-state index is 12.2. The third-order valence-electron chi connectivity index (χ3n) is 3.19. The fourth-order valence-electron chi connectivity index (χ4n) is 1.83. The standard InChI is InChI=1S/C15H22N4O5S/c1-15(2,14(20)18-7-8-23-3)10-24-13-6-4-5-12(11(13)9-16)19-25(17,21)22/h4-6,19H,7-8,10H2,1-3H3,(H,18,20)(H2,17,21,22). The van der Waals surface area contributed by atoms with E-state index < -0.39 is 15.6 Å². The van der Waals surface area contributed by atoms with Crippen LogP contribution in [-0.4, -0.2) is 41.2 Å². The first-order chi connectivity index (χ1) is 11.6. The molecular formula is C15H22N4O5S. The Balaban J connectivity index is 2.88. The number of hydrogen-bond acceptors (Lipinski definition) is 6. The van der Waals surface area contributed by atoms with Gasteiger partial charge in [0.05, 0.1) is 17.7 Å². The van der Waals surface area contributed by atoms with Crippen LogP contribution in [0, 0.1) is 16.7 Å². The van der Waals surface area contributed by atoms with E-state index in [4.69, 9.17) is 14.6 Å². The van der Waals surface area contributed by atoms with Gasteiger partial charge in [0.25, 0.3) is 10.2 Å². The van der Waals surface area contributed by atoms with Gasteiger partial charge in [-0.25, -0.2) is 5.14 Å². The summed E-state index contributed by atoms with van der Waals surface area (Å²) in [4.78, 5) is 12.2. The van der Waals surface area contributed by atoms with E-state index in [0.29, 0.717) is 13.2 Å². The fraction of sp³-hybridized carbons (Fsp3) is 0.467. The van der Waals surface area contributed by atoms with Crippen LogP contribution in [-0.2, 0) is 19.7 Å². The molecule has 0 bridgehead atoms. The molecule has 0 unspecified atom stereocenters. The number of methoxy groups -OCH3 is 1. The Hall–Kier alpha value is -2.35. The van der Waals surface area contributed by atoms with Gasteiger partial charge in [0.1, 0.15) is 24.0 Å². The number of hydrogen-bond donors (Lipinski definition) is 3. The van der Waals surface area contributed by atoms with E-state index in [2.05, 4.69) is 5.32 Å². The summed E-state index contributed by atoms with van der Waals surface area (Å²) >= 11 is 0. The topological polar surface area (TPSA) is 144 Å². The van der Waals surface area contributed by atoms with Crippen molar-refractivity contribution in [1.29, 1.82) is 5.26 Å². The SMILES string of the molecule is COCCNC(=O)C(C)(C)COc1cccc(NS(N)(=O)=O)c1C#N. The number of anilines is 1. The van der Waals surface area contributed by atoms with E-state index in [1.54, 1.807) is 13.8 Å². The molecule has 1 amide bonds. The molecule has 0 aliphatic carbocycles. The minimum atomic E-state index is -4.03. The van der Waals surface area contributed by atoms with Crippen LogP contribution in [0.3, 0.4) is 0 Å². The fourth-order valence-corrected chi connectivity index (χ4v) is 2.31. The molecule has 0 aliphatic rings. The lowest BCUT2D eigenvalue weighted by atomic mass is 9.93. The molecule has 25 heavy (non-hydrogen) atoms. The molecule has 0 spiro atoms. The highest BCUT2D eigenvalue weighted by atomic mass is 32.2. The zero-order valence-electron chi connectivity index (χ0n) is 14.3. The molecule has 0 heterocycles. The molecular weight excluding hydrogens is 348 g/mol. The van der Waals surface area contributed by atoms with Gasteiger partial charge in [-0.15, -0.1) is 0 Å². The number of nitrogens with zero attached hydrogens (tertiary/aromatic N) is 1. The first-order valence-electron chi connectivity index (χ1n) is 7.34. The van der Waals surface area contributed by atoms with Crippen molar-refractivity contribution in [3.8, 4) is 11.8 Å². The minimum Gasteiger partial charge on any atom is -0.491 e. The van der Waals surface area contributed by atoms with Gasteiger partial charge in [-0.3, -0.25) is 9.52 Å². The normalized spacial score (nSPS) is 11.5. The Morgan fingerprint density at radius 2 is 2.08 bits per heavy atom. The van der Waals surface area contributed by atoms with Crippen LogP contribution in [0.4, 0.5) is 5.69 Å². The molecule has 4 N–H and O–H groups in total. The Bertz CT molecular complexity index is 756.